The average Bonchev–Trinajstić information content (AvgIpc) is 3.33. The Labute approximate surface area is 179 Å². The highest BCUT2D eigenvalue weighted by atomic mass is 32.1. The van der Waals surface area contributed by atoms with Crippen LogP contribution in [-0.2, 0) is 13.0 Å². The smallest absolute Gasteiger partial charge is 0.273 e. The van der Waals surface area contributed by atoms with E-state index in [4.69, 9.17) is 4.98 Å². The Bertz CT molecular complexity index is 1150. The highest BCUT2D eigenvalue weighted by Gasteiger charge is 2.41. The molecule has 4 heterocycles. The molecule has 0 N–H and O–H groups in total. The van der Waals surface area contributed by atoms with Crippen LogP contribution in [-0.4, -0.2) is 38.4 Å². The van der Waals surface area contributed by atoms with Crippen LogP contribution in [0, 0.1) is 12.3 Å². The minimum Gasteiger partial charge on any atom is -0.337 e. The fourth-order valence-corrected chi connectivity index (χ4v) is 5.32. The van der Waals surface area contributed by atoms with E-state index in [1.807, 2.05) is 52.1 Å². The monoisotopic (exact) mass is 420 g/mol. The van der Waals surface area contributed by atoms with E-state index in [0.29, 0.717) is 12.2 Å². The predicted octanol–water partition coefficient (Wildman–Crippen LogP) is 3.54. The second kappa shape index (κ2) is 7.47. The number of hydrogen-bond acceptors (Lipinski definition) is 5. The van der Waals surface area contributed by atoms with Crippen LogP contribution in [0.2, 0.25) is 0 Å². The molecule has 2 aliphatic rings. The van der Waals surface area contributed by atoms with Gasteiger partial charge in [-0.3, -0.25) is 14.2 Å². The van der Waals surface area contributed by atoms with Gasteiger partial charge in [0.1, 0.15) is 11.5 Å². The van der Waals surface area contributed by atoms with E-state index in [-0.39, 0.29) is 16.9 Å². The van der Waals surface area contributed by atoms with Crippen LogP contribution in [0.3, 0.4) is 0 Å². The predicted molar refractivity (Wildman–Crippen MR) is 117 cm³/mol. The molecule has 3 aromatic rings. The quantitative estimate of drug-likeness (QED) is 0.636. The molecule has 30 heavy (non-hydrogen) atoms. The van der Waals surface area contributed by atoms with Crippen LogP contribution in [0.5, 0.6) is 0 Å². The summed E-state index contributed by atoms with van der Waals surface area (Å²) in [6.07, 6.45) is 3.56. The van der Waals surface area contributed by atoms with Gasteiger partial charge in [0, 0.05) is 43.1 Å². The minimum absolute atomic E-state index is 0.0137. The van der Waals surface area contributed by atoms with Crippen LogP contribution in [0.15, 0.2) is 46.6 Å². The van der Waals surface area contributed by atoms with Crippen molar-refractivity contribution in [3.8, 4) is 11.3 Å². The molecule has 154 valence electrons. The van der Waals surface area contributed by atoms with Gasteiger partial charge >= 0.3 is 0 Å². The Hall–Kier alpha value is -2.80. The zero-order valence-electron chi connectivity index (χ0n) is 17.0. The van der Waals surface area contributed by atoms with E-state index < -0.39 is 0 Å². The molecular formula is C23H24N4O2S. The molecule has 6 nitrogen and oxygen atoms in total. The first-order chi connectivity index (χ1) is 14.5. The number of hydrogen-bond donors (Lipinski definition) is 0. The van der Waals surface area contributed by atoms with E-state index >= 15 is 0 Å². The van der Waals surface area contributed by atoms with Crippen LogP contribution >= 0.6 is 11.3 Å². The molecule has 0 radical (unpaired) electrons. The molecule has 1 unspecified atom stereocenters. The molecule has 1 fully saturated rings. The van der Waals surface area contributed by atoms with Gasteiger partial charge in [0.05, 0.1) is 10.7 Å². The minimum atomic E-state index is 0.0137. The molecule has 0 saturated carbocycles. The van der Waals surface area contributed by atoms with Crippen molar-refractivity contribution in [1.82, 2.24) is 19.4 Å². The summed E-state index contributed by atoms with van der Waals surface area (Å²) in [7, 11) is 0. The Kier molecular flexibility index (Phi) is 4.77. The van der Waals surface area contributed by atoms with Gasteiger partial charge in [0.15, 0.2) is 0 Å². The number of nitrogens with zero attached hydrogens (tertiary/aromatic N) is 4. The summed E-state index contributed by atoms with van der Waals surface area (Å²) in [5.74, 6) is 0.887. The molecule has 2 aromatic heterocycles. The largest absolute Gasteiger partial charge is 0.337 e. The Balaban J connectivity index is 1.36. The first-order valence-electron chi connectivity index (χ1n) is 10.4. The second-order valence-electron chi connectivity index (χ2n) is 8.39. The molecule has 1 saturated heterocycles. The highest BCUT2D eigenvalue weighted by molar-refractivity contribution is 7.09. The number of aromatic nitrogens is 3. The lowest BCUT2D eigenvalue weighted by Crippen LogP contribution is -2.33. The van der Waals surface area contributed by atoms with Gasteiger partial charge in [0.25, 0.3) is 11.5 Å². The molecule has 1 atom stereocenters. The third-order valence-electron chi connectivity index (χ3n) is 6.47. The van der Waals surface area contributed by atoms with Gasteiger partial charge in [-0.05, 0) is 31.6 Å². The third kappa shape index (κ3) is 3.47. The topological polar surface area (TPSA) is 68.1 Å². The molecule has 1 spiro atoms. The Morgan fingerprint density at radius 3 is 2.67 bits per heavy atom. The van der Waals surface area contributed by atoms with Crippen LogP contribution in [0.1, 0.15) is 40.6 Å². The molecule has 0 aliphatic carbocycles. The number of thiazole rings is 1. The summed E-state index contributed by atoms with van der Waals surface area (Å²) in [5.41, 5.74) is 2.32. The summed E-state index contributed by atoms with van der Waals surface area (Å²) in [4.78, 5) is 36.8. The van der Waals surface area contributed by atoms with E-state index in [0.717, 1.165) is 60.9 Å². The lowest BCUT2D eigenvalue weighted by Gasteiger charge is -2.27. The van der Waals surface area contributed by atoms with Crippen molar-refractivity contribution < 1.29 is 4.79 Å². The van der Waals surface area contributed by atoms with Crippen molar-refractivity contribution in [1.29, 1.82) is 0 Å². The first kappa shape index (κ1) is 19.2. The van der Waals surface area contributed by atoms with E-state index in [9.17, 15) is 9.59 Å². The van der Waals surface area contributed by atoms with Crippen molar-refractivity contribution in [3.63, 3.8) is 0 Å². The average molecular weight is 421 g/mol. The maximum absolute atomic E-state index is 12.8. The van der Waals surface area contributed by atoms with Crippen LogP contribution in [0.4, 0.5) is 0 Å². The maximum Gasteiger partial charge on any atom is 0.273 e. The summed E-state index contributed by atoms with van der Waals surface area (Å²) in [5, 5.41) is 2.76. The number of rotatable bonds is 2. The zero-order chi connectivity index (χ0) is 20.7. The molecule has 2 aliphatic heterocycles. The normalized spacial score (nSPS) is 20.9. The molecule has 0 bridgehead atoms. The van der Waals surface area contributed by atoms with Crippen LogP contribution in [0.25, 0.3) is 11.3 Å². The van der Waals surface area contributed by atoms with Gasteiger partial charge in [-0.15, -0.1) is 11.3 Å². The SMILES string of the molecule is Cc1nc(C(=O)N2CCC3(CCc4nc(-c5ccccc5)cc(=O)n4CC3)C2)cs1. The second-order valence-corrected chi connectivity index (χ2v) is 9.45. The lowest BCUT2D eigenvalue weighted by atomic mass is 9.80. The Morgan fingerprint density at radius 2 is 1.90 bits per heavy atom. The summed E-state index contributed by atoms with van der Waals surface area (Å²) in [6.45, 7) is 4.07. The van der Waals surface area contributed by atoms with Gasteiger partial charge in [-0.1, -0.05) is 30.3 Å². The summed E-state index contributed by atoms with van der Waals surface area (Å²) < 4.78 is 1.83. The highest BCUT2D eigenvalue weighted by Crippen LogP contribution is 2.41. The van der Waals surface area contributed by atoms with E-state index in [1.54, 1.807) is 6.07 Å². The molecule has 5 rings (SSSR count). The van der Waals surface area contributed by atoms with Crippen molar-refractivity contribution in [2.75, 3.05) is 13.1 Å². The van der Waals surface area contributed by atoms with Gasteiger partial charge in [-0.25, -0.2) is 9.97 Å². The number of likely N-dealkylation sites (tertiary alicyclic amines) is 1. The van der Waals surface area contributed by atoms with Gasteiger partial charge in [0.2, 0.25) is 0 Å². The number of fused-ring (bicyclic) bond motifs is 1. The van der Waals surface area contributed by atoms with Crippen molar-refractivity contribution >= 4 is 17.2 Å². The first-order valence-corrected chi connectivity index (χ1v) is 11.3. The van der Waals surface area contributed by atoms with Crippen molar-refractivity contribution in [3.05, 3.63) is 68.7 Å². The lowest BCUT2D eigenvalue weighted by molar-refractivity contribution is 0.0762. The van der Waals surface area contributed by atoms with Crippen molar-refractivity contribution in [2.45, 2.75) is 39.2 Å². The summed E-state index contributed by atoms with van der Waals surface area (Å²) >= 11 is 1.51. The maximum atomic E-state index is 12.8. The zero-order valence-corrected chi connectivity index (χ0v) is 17.8. The number of benzene rings is 1. The molecule has 7 heteroatoms. The van der Waals surface area contributed by atoms with Gasteiger partial charge in [-0.2, -0.15) is 0 Å². The van der Waals surface area contributed by atoms with Gasteiger partial charge < -0.3 is 4.90 Å². The standard InChI is InChI=1S/C23H24N4O2S/c1-16-24-19(14-30-16)22(29)26-11-9-23(15-26)8-7-20-25-18(17-5-3-2-4-6-17)13-21(28)27(20)12-10-23/h2-6,13-14H,7-12,15H2,1H3. The molecule has 1 amide bonds. The number of aryl methyl sites for hydroxylation is 2. The van der Waals surface area contributed by atoms with Crippen molar-refractivity contribution in [2.24, 2.45) is 5.41 Å². The van der Waals surface area contributed by atoms with E-state index in [2.05, 4.69) is 4.98 Å². The fourth-order valence-electron chi connectivity index (χ4n) is 4.73. The Morgan fingerprint density at radius 1 is 1.10 bits per heavy atom. The molecule has 1 aromatic carbocycles. The number of carbonyl (C=O) groups excluding carboxylic acids is 1. The number of carbonyl (C=O) groups is 1. The molecular weight excluding hydrogens is 396 g/mol. The fraction of sp³-hybridized carbons (Fsp3) is 0.391. The summed E-state index contributed by atoms with van der Waals surface area (Å²) in [6, 6.07) is 11.5. The van der Waals surface area contributed by atoms with E-state index in [1.165, 1.54) is 11.3 Å². The third-order valence-corrected chi connectivity index (χ3v) is 7.24. The number of amides is 1. The van der Waals surface area contributed by atoms with Crippen LogP contribution < -0.4 is 5.56 Å².